The highest BCUT2D eigenvalue weighted by molar-refractivity contribution is 6.30. The molecule has 1 aromatic heterocycles. The van der Waals surface area contributed by atoms with Gasteiger partial charge in [0.15, 0.2) is 0 Å². The minimum absolute atomic E-state index is 0.301. The van der Waals surface area contributed by atoms with Crippen LogP contribution in [0.25, 0.3) is 0 Å². The zero-order chi connectivity index (χ0) is 17.6. The number of hydrogen-bond acceptors (Lipinski definition) is 3. The highest BCUT2D eigenvalue weighted by Crippen LogP contribution is 2.25. The summed E-state index contributed by atoms with van der Waals surface area (Å²) in [5.41, 5.74) is 1.28. The molecular weight excluding hydrogens is 340 g/mol. The van der Waals surface area contributed by atoms with Gasteiger partial charge in [0.2, 0.25) is 0 Å². The van der Waals surface area contributed by atoms with Gasteiger partial charge >= 0.3 is 5.69 Å². The van der Waals surface area contributed by atoms with Crippen molar-refractivity contribution in [2.24, 2.45) is 0 Å². The van der Waals surface area contributed by atoms with Crippen molar-refractivity contribution in [3.05, 3.63) is 97.8 Å². The summed E-state index contributed by atoms with van der Waals surface area (Å²) in [7, 11) is 0. The van der Waals surface area contributed by atoms with Crippen LogP contribution in [0.2, 0.25) is 5.02 Å². The Hall–Kier alpha value is -2.79. The number of nitrogens with one attached hydrogen (secondary N) is 1. The normalized spacial score (nSPS) is 10.6. The maximum Gasteiger partial charge on any atom is 0.328 e. The van der Waals surface area contributed by atoms with Gasteiger partial charge in [0.25, 0.3) is 5.56 Å². The molecule has 0 fully saturated rings. The fourth-order valence-corrected chi connectivity index (χ4v) is 2.71. The van der Waals surface area contributed by atoms with E-state index < -0.39 is 11.2 Å². The zero-order valence-electron chi connectivity index (χ0n) is 13.4. The number of rotatable bonds is 6. The van der Waals surface area contributed by atoms with E-state index in [0.29, 0.717) is 24.6 Å². The van der Waals surface area contributed by atoms with Gasteiger partial charge in [-0.25, -0.2) is 4.79 Å². The Morgan fingerprint density at radius 2 is 1.84 bits per heavy atom. The van der Waals surface area contributed by atoms with Crippen LogP contribution in [-0.4, -0.2) is 16.2 Å². The number of hydrogen-bond donors (Lipinski definition) is 1. The largest absolute Gasteiger partial charge is 0.491 e. The molecule has 0 aliphatic carbocycles. The van der Waals surface area contributed by atoms with Crippen LogP contribution < -0.4 is 16.0 Å². The van der Waals surface area contributed by atoms with Crippen LogP contribution in [-0.2, 0) is 13.0 Å². The van der Waals surface area contributed by atoms with E-state index >= 15 is 0 Å². The van der Waals surface area contributed by atoms with Gasteiger partial charge in [-0.15, -0.1) is 0 Å². The molecule has 5 nitrogen and oxygen atoms in total. The Balaban J connectivity index is 1.71. The number of H-pyrrole nitrogens is 1. The van der Waals surface area contributed by atoms with Gasteiger partial charge in [-0.1, -0.05) is 41.9 Å². The van der Waals surface area contributed by atoms with E-state index in [0.717, 1.165) is 16.9 Å². The molecule has 25 heavy (non-hydrogen) atoms. The number of ether oxygens (including phenoxy) is 1. The molecular formula is C19H17ClN2O3. The molecule has 0 saturated heterocycles. The molecule has 0 spiro atoms. The summed E-state index contributed by atoms with van der Waals surface area (Å²) in [5.74, 6) is 0.728. The van der Waals surface area contributed by atoms with Crippen LogP contribution in [0.4, 0.5) is 0 Å². The van der Waals surface area contributed by atoms with Gasteiger partial charge in [0.1, 0.15) is 12.4 Å². The molecule has 1 N–H and O–H groups in total. The molecule has 6 heteroatoms. The average Bonchev–Trinajstić information content (AvgIpc) is 2.59. The number of nitrogens with zero attached hydrogens (tertiary/aromatic N) is 1. The molecule has 0 saturated carbocycles. The second kappa shape index (κ2) is 7.85. The Labute approximate surface area is 149 Å². The van der Waals surface area contributed by atoms with Crippen LogP contribution >= 0.6 is 11.6 Å². The molecule has 0 unspecified atom stereocenters. The summed E-state index contributed by atoms with van der Waals surface area (Å²) in [6.45, 7) is 0.637. The van der Waals surface area contributed by atoms with Crippen LogP contribution in [0, 0.1) is 0 Å². The molecule has 2 aromatic carbocycles. The van der Waals surface area contributed by atoms with E-state index in [2.05, 4.69) is 4.98 Å². The molecule has 128 valence electrons. The summed E-state index contributed by atoms with van der Waals surface area (Å²) in [5, 5.41) is 0.648. The van der Waals surface area contributed by atoms with Crippen molar-refractivity contribution in [3.8, 4) is 5.75 Å². The fourth-order valence-electron chi connectivity index (χ4n) is 2.52. The predicted molar refractivity (Wildman–Crippen MR) is 97.5 cm³/mol. The van der Waals surface area contributed by atoms with Crippen LogP contribution in [0.3, 0.4) is 0 Å². The van der Waals surface area contributed by atoms with E-state index in [1.54, 1.807) is 6.07 Å². The highest BCUT2D eigenvalue weighted by atomic mass is 35.5. The first-order valence-electron chi connectivity index (χ1n) is 7.87. The second-order valence-electron chi connectivity index (χ2n) is 5.57. The van der Waals surface area contributed by atoms with E-state index in [9.17, 15) is 9.59 Å². The molecule has 0 aliphatic rings. The van der Waals surface area contributed by atoms with Crippen molar-refractivity contribution in [1.29, 1.82) is 0 Å². The number of aromatic nitrogens is 2. The molecule has 0 aliphatic heterocycles. The third-order valence-corrected chi connectivity index (χ3v) is 3.98. The average molecular weight is 357 g/mol. The van der Waals surface area contributed by atoms with Crippen molar-refractivity contribution >= 4 is 11.6 Å². The fraction of sp³-hybridized carbons (Fsp3) is 0.158. The van der Waals surface area contributed by atoms with E-state index in [1.807, 2.05) is 42.5 Å². The van der Waals surface area contributed by atoms with Crippen molar-refractivity contribution in [3.63, 3.8) is 0 Å². The molecule has 1 heterocycles. The summed E-state index contributed by atoms with van der Waals surface area (Å²) >= 11 is 6.11. The summed E-state index contributed by atoms with van der Waals surface area (Å²) < 4.78 is 7.24. The zero-order valence-corrected chi connectivity index (χ0v) is 14.2. The van der Waals surface area contributed by atoms with Crippen LogP contribution in [0.5, 0.6) is 5.75 Å². The first-order chi connectivity index (χ1) is 12.1. The quantitative estimate of drug-likeness (QED) is 0.738. The lowest BCUT2D eigenvalue weighted by atomic mass is 10.0. The first kappa shape index (κ1) is 17.0. The molecule has 0 bridgehead atoms. The molecule has 3 rings (SSSR count). The SMILES string of the molecule is O=c1ccn(CCOc2ccc(Cl)cc2Cc2ccccc2)c(=O)[nH]1. The Morgan fingerprint density at radius 3 is 2.60 bits per heavy atom. The van der Waals surface area contributed by atoms with E-state index in [-0.39, 0.29) is 0 Å². The first-order valence-corrected chi connectivity index (χ1v) is 8.24. The van der Waals surface area contributed by atoms with Crippen molar-refractivity contribution in [1.82, 2.24) is 9.55 Å². The number of benzene rings is 2. The van der Waals surface area contributed by atoms with Gasteiger partial charge in [-0.2, -0.15) is 0 Å². The summed E-state index contributed by atoms with van der Waals surface area (Å²) in [4.78, 5) is 25.0. The standard InChI is InChI=1S/C19H17ClN2O3/c20-16-6-7-17(15(13-16)12-14-4-2-1-3-5-14)25-11-10-22-9-8-18(23)21-19(22)24/h1-9,13H,10-12H2,(H,21,23,24). The lowest BCUT2D eigenvalue weighted by Gasteiger charge is -2.13. The van der Waals surface area contributed by atoms with Crippen LogP contribution in [0.15, 0.2) is 70.4 Å². The summed E-state index contributed by atoms with van der Waals surface area (Å²) in [6, 6.07) is 16.8. The maximum absolute atomic E-state index is 11.7. The molecule has 0 atom stereocenters. The Morgan fingerprint density at radius 1 is 1.04 bits per heavy atom. The van der Waals surface area contributed by atoms with Gasteiger partial charge in [0.05, 0.1) is 6.54 Å². The third-order valence-electron chi connectivity index (χ3n) is 3.75. The topological polar surface area (TPSA) is 64.1 Å². The number of aromatic amines is 1. The predicted octanol–water partition coefficient (Wildman–Crippen LogP) is 2.86. The van der Waals surface area contributed by atoms with Crippen molar-refractivity contribution < 1.29 is 4.74 Å². The lowest BCUT2D eigenvalue weighted by Crippen LogP contribution is -2.30. The minimum atomic E-state index is -0.447. The number of halogens is 1. The molecule has 0 radical (unpaired) electrons. The smallest absolute Gasteiger partial charge is 0.328 e. The Kier molecular flexibility index (Phi) is 5.36. The minimum Gasteiger partial charge on any atom is -0.491 e. The molecule has 0 amide bonds. The lowest BCUT2D eigenvalue weighted by molar-refractivity contribution is 0.293. The van der Waals surface area contributed by atoms with E-state index in [1.165, 1.54) is 16.8 Å². The maximum atomic E-state index is 11.7. The van der Waals surface area contributed by atoms with Gasteiger partial charge < -0.3 is 4.74 Å². The van der Waals surface area contributed by atoms with Crippen LogP contribution in [0.1, 0.15) is 11.1 Å². The molecule has 3 aromatic rings. The van der Waals surface area contributed by atoms with Gasteiger partial charge in [-0.3, -0.25) is 14.3 Å². The third kappa shape index (κ3) is 4.61. The van der Waals surface area contributed by atoms with E-state index in [4.69, 9.17) is 16.3 Å². The van der Waals surface area contributed by atoms with Crippen molar-refractivity contribution in [2.45, 2.75) is 13.0 Å². The highest BCUT2D eigenvalue weighted by Gasteiger charge is 2.07. The van der Waals surface area contributed by atoms with Gasteiger partial charge in [-0.05, 0) is 29.3 Å². The van der Waals surface area contributed by atoms with Gasteiger partial charge in [0, 0.05) is 23.7 Å². The summed E-state index contributed by atoms with van der Waals surface area (Å²) in [6.07, 6.45) is 2.16. The monoisotopic (exact) mass is 356 g/mol. The van der Waals surface area contributed by atoms with Crippen molar-refractivity contribution in [2.75, 3.05) is 6.61 Å². The second-order valence-corrected chi connectivity index (χ2v) is 6.00. The Bertz CT molecular complexity index is 964.